The topological polar surface area (TPSA) is 52.3 Å². The molecule has 0 saturated heterocycles. The molecule has 0 radical (unpaired) electrons. The molecule has 1 aliphatic rings. The van der Waals surface area contributed by atoms with E-state index in [0.717, 1.165) is 31.4 Å². The number of esters is 1. The Labute approximate surface area is 115 Å². The number of ether oxygens (including phenoxy) is 1. The molecule has 1 saturated carbocycles. The van der Waals surface area contributed by atoms with Crippen LogP contribution in [0.4, 0.5) is 5.69 Å². The highest BCUT2D eigenvalue weighted by Gasteiger charge is 2.28. The highest BCUT2D eigenvalue weighted by Crippen LogP contribution is 2.36. The fraction of sp³-hybridized carbons (Fsp3) is 0.562. The van der Waals surface area contributed by atoms with Gasteiger partial charge in [-0.25, -0.2) is 0 Å². The zero-order valence-electron chi connectivity index (χ0n) is 11.8. The molecule has 2 rings (SSSR count). The number of hydrogen-bond acceptors (Lipinski definition) is 3. The first kappa shape index (κ1) is 13.9. The Kier molecular flexibility index (Phi) is 4.46. The number of carbonyl (C=O) groups excluding carboxylic acids is 1. The summed E-state index contributed by atoms with van der Waals surface area (Å²) in [6, 6.07) is 8.11. The minimum Gasteiger partial charge on any atom is -0.463 e. The van der Waals surface area contributed by atoms with Gasteiger partial charge in [0.15, 0.2) is 0 Å². The van der Waals surface area contributed by atoms with Gasteiger partial charge in [0, 0.05) is 5.69 Å². The standard InChI is InChI=1S/C16H23NO2/c1-11(2)19-16(18)14-5-3-12(4-6-14)13-7-9-15(17)10-8-13/h7-12,14H,3-6,17H2,1-2H3. The summed E-state index contributed by atoms with van der Waals surface area (Å²) in [7, 11) is 0. The van der Waals surface area contributed by atoms with Gasteiger partial charge < -0.3 is 10.5 Å². The maximum absolute atomic E-state index is 11.9. The second kappa shape index (κ2) is 6.09. The number of carbonyl (C=O) groups is 1. The van der Waals surface area contributed by atoms with E-state index in [0.29, 0.717) is 5.92 Å². The summed E-state index contributed by atoms with van der Waals surface area (Å²) in [4.78, 5) is 11.9. The quantitative estimate of drug-likeness (QED) is 0.669. The zero-order chi connectivity index (χ0) is 13.8. The van der Waals surface area contributed by atoms with Gasteiger partial charge in [-0.2, -0.15) is 0 Å². The second-order valence-electron chi connectivity index (χ2n) is 5.70. The third kappa shape index (κ3) is 3.72. The lowest BCUT2D eigenvalue weighted by Gasteiger charge is -2.28. The van der Waals surface area contributed by atoms with Gasteiger partial charge in [0.1, 0.15) is 0 Å². The van der Waals surface area contributed by atoms with Crippen molar-refractivity contribution in [3.63, 3.8) is 0 Å². The Hall–Kier alpha value is -1.51. The molecular formula is C16H23NO2. The highest BCUT2D eigenvalue weighted by atomic mass is 16.5. The minimum atomic E-state index is -0.0224. The predicted molar refractivity (Wildman–Crippen MR) is 76.8 cm³/mol. The number of nitrogens with two attached hydrogens (primary N) is 1. The van der Waals surface area contributed by atoms with Gasteiger partial charge in [-0.1, -0.05) is 12.1 Å². The molecule has 0 aliphatic heterocycles. The first-order valence-corrected chi connectivity index (χ1v) is 7.12. The minimum absolute atomic E-state index is 0.0117. The van der Waals surface area contributed by atoms with Crippen LogP contribution in [-0.4, -0.2) is 12.1 Å². The molecule has 1 aliphatic carbocycles. The van der Waals surface area contributed by atoms with Crippen LogP contribution in [0, 0.1) is 5.92 Å². The Morgan fingerprint density at radius 3 is 2.26 bits per heavy atom. The molecule has 0 amide bonds. The molecule has 0 heterocycles. The Morgan fingerprint density at radius 2 is 1.74 bits per heavy atom. The van der Waals surface area contributed by atoms with Crippen molar-refractivity contribution in [1.82, 2.24) is 0 Å². The van der Waals surface area contributed by atoms with E-state index >= 15 is 0 Å². The van der Waals surface area contributed by atoms with E-state index in [1.54, 1.807) is 0 Å². The maximum atomic E-state index is 11.9. The molecule has 0 unspecified atom stereocenters. The van der Waals surface area contributed by atoms with Gasteiger partial charge in [0.2, 0.25) is 0 Å². The van der Waals surface area contributed by atoms with Crippen LogP contribution >= 0.6 is 0 Å². The maximum Gasteiger partial charge on any atom is 0.309 e. The summed E-state index contributed by atoms with van der Waals surface area (Å²) in [5, 5.41) is 0. The number of hydrogen-bond donors (Lipinski definition) is 1. The molecule has 0 bridgehead atoms. The summed E-state index contributed by atoms with van der Waals surface area (Å²) in [5.74, 6) is 0.627. The fourth-order valence-electron chi connectivity index (χ4n) is 2.76. The Balaban J connectivity index is 1.88. The molecule has 1 fully saturated rings. The summed E-state index contributed by atoms with van der Waals surface area (Å²) >= 11 is 0. The summed E-state index contributed by atoms with van der Waals surface area (Å²) < 4.78 is 5.29. The van der Waals surface area contributed by atoms with Crippen molar-refractivity contribution in [2.24, 2.45) is 5.92 Å². The van der Waals surface area contributed by atoms with Gasteiger partial charge in [-0.05, 0) is 63.1 Å². The van der Waals surface area contributed by atoms with E-state index in [4.69, 9.17) is 10.5 Å². The first-order valence-electron chi connectivity index (χ1n) is 7.12. The average Bonchev–Trinajstić information content (AvgIpc) is 2.39. The molecule has 1 aromatic rings. The molecule has 104 valence electrons. The van der Waals surface area contributed by atoms with Crippen LogP contribution in [0.15, 0.2) is 24.3 Å². The van der Waals surface area contributed by atoms with Crippen molar-refractivity contribution in [1.29, 1.82) is 0 Å². The number of benzene rings is 1. The van der Waals surface area contributed by atoms with E-state index in [2.05, 4.69) is 12.1 Å². The fourth-order valence-corrected chi connectivity index (χ4v) is 2.76. The summed E-state index contributed by atoms with van der Waals surface area (Å²) in [5.41, 5.74) is 7.84. The van der Waals surface area contributed by atoms with Crippen LogP contribution in [0.1, 0.15) is 51.0 Å². The van der Waals surface area contributed by atoms with E-state index in [1.165, 1.54) is 5.56 Å². The van der Waals surface area contributed by atoms with Crippen LogP contribution in [0.25, 0.3) is 0 Å². The zero-order valence-corrected chi connectivity index (χ0v) is 11.8. The molecule has 0 aromatic heterocycles. The number of rotatable bonds is 3. The largest absolute Gasteiger partial charge is 0.463 e. The molecule has 3 nitrogen and oxygen atoms in total. The van der Waals surface area contributed by atoms with Crippen LogP contribution in [0.5, 0.6) is 0 Å². The lowest BCUT2D eigenvalue weighted by molar-refractivity contribution is -0.153. The Bertz CT molecular complexity index is 417. The van der Waals surface area contributed by atoms with E-state index in [-0.39, 0.29) is 18.0 Å². The second-order valence-corrected chi connectivity index (χ2v) is 5.70. The van der Waals surface area contributed by atoms with E-state index in [9.17, 15) is 4.79 Å². The lowest BCUT2D eigenvalue weighted by Crippen LogP contribution is -2.25. The third-order valence-corrected chi connectivity index (χ3v) is 3.82. The van der Waals surface area contributed by atoms with Gasteiger partial charge >= 0.3 is 5.97 Å². The Morgan fingerprint density at radius 1 is 1.16 bits per heavy atom. The van der Waals surface area contributed by atoms with Gasteiger partial charge in [0.25, 0.3) is 0 Å². The lowest BCUT2D eigenvalue weighted by atomic mass is 9.79. The molecule has 3 heteroatoms. The molecule has 0 atom stereocenters. The molecule has 0 spiro atoms. The van der Waals surface area contributed by atoms with Crippen LogP contribution in [0.3, 0.4) is 0 Å². The van der Waals surface area contributed by atoms with Gasteiger partial charge in [-0.15, -0.1) is 0 Å². The first-order chi connectivity index (χ1) is 9.06. The van der Waals surface area contributed by atoms with Crippen LogP contribution in [-0.2, 0) is 9.53 Å². The van der Waals surface area contributed by atoms with Crippen molar-refractivity contribution in [2.75, 3.05) is 5.73 Å². The predicted octanol–water partition coefficient (Wildman–Crippen LogP) is 3.49. The summed E-state index contributed by atoms with van der Waals surface area (Å²) in [6.07, 6.45) is 3.97. The van der Waals surface area contributed by atoms with Crippen molar-refractivity contribution in [3.8, 4) is 0 Å². The van der Waals surface area contributed by atoms with Crippen molar-refractivity contribution in [2.45, 2.75) is 51.6 Å². The normalized spacial score (nSPS) is 23.3. The number of nitrogen functional groups attached to an aromatic ring is 1. The summed E-state index contributed by atoms with van der Waals surface area (Å²) in [6.45, 7) is 3.80. The van der Waals surface area contributed by atoms with Gasteiger partial charge in [-0.3, -0.25) is 4.79 Å². The van der Waals surface area contributed by atoms with Crippen LogP contribution in [0.2, 0.25) is 0 Å². The molecule has 2 N–H and O–H groups in total. The number of anilines is 1. The highest BCUT2D eigenvalue weighted by molar-refractivity contribution is 5.72. The van der Waals surface area contributed by atoms with E-state index < -0.39 is 0 Å². The van der Waals surface area contributed by atoms with Crippen molar-refractivity contribution in [3.05, 3.63) is 29.8 Å². The van der Waals surface area contributed by atoms with Crippen molar-refractivity contribution < 1.29 is 9.53 Å². The third-order valence-electron chi connectivity index (χ3n) is 3.82. The smallest absolute Gasteiger partial charge is 0.309 e. The molecular weight excluding hydrogens is 238 g/mol. The molecule has 1 aromatic carbocycles. The van der Waals surface area contributed by atoms with E-state index in [1.807, 2.05) is 26.0 Å². The van der Waals surface area contributed by atoms with Crippen molar-refractivity contribution >= 4 is 11.7 Å². The van der Waals surface area contributed by atoms with Crippen LogP contribution < -0.4 is 5.73 Å². The van der Waals surface area contributed by atoms with Gasteiger partial charge in [0.05, 0.1) is 12.0 Å². The monoisotopic (exact) mass is 261 g/mol. The average molecular weight is 261 g/mol. The molecule has 19 heavy (non-hydrogen) atoms. The SMILES string of the molecule is CC(C)OC(=O)C1CCC(c2ccc(N)cc2)CC1.